The molecule has 0 aliphatic carbocycles. The largest absolute Gasteiger partial charge is 0.379 e. The second-order valence-corrected chi connectivity index (χ2v) is 7.81. The van der Waals surface area contributed by atoms with Gasteiger partial charge >= 0.3 is 11.7 Å². The van der Waals surface area contributed by atoms with Gasteiger partial charge in [0, 0.05) is 32.6 Å². The van der Waals surface area contributed by atoms with Crippen molar-refractivity contribution in [1.29, 1.82) is 0 Å². The molecule has 0 bridgehead atoms. The molecule has 0 radical (unpaired) electrons. The predicted octanol–water partition coefficient (Wildman–Crippen LogP) is 0.790. The molecule has 3 N–H and O–H groups in total. The number of morpholine rings is 1. The summed E-state index contributed by atoms with van der Waals surface area (Å²) in [4.78, 5) is 40.6. The van der Waals surface area contributed by atoms with Gasteiger partial charge in [0.15, 0.2) is 0 Å². The van der Waals surface area contributed by atoms with Crippen molar-refractivity contribution >= 4 is 23.0 Å². The van der Waals surface area contributed by atoms with Crippen LogP contribution in [0, 0.1) is 0 Å². The molecule has 1 aromatic heterocycles. The molecule has 0 spiro atoms. The molecule has 0 unspecified atom stereocenters. The van der Waals surface area contributed by atoms with Crippen LogP contribution in [0.1, 0.15) is 5.56 Å². The van der Waals surface area contributed by atoms with Crippen molar-refractivity contribution in [2.45, 2.75) is 19.0 Å². The Morgan fingerprint density at radius 3 is 2.31 bits per heavy atom. The fraction of sp³-hybridized carbons (Fsp3) is 0.348. The summed E-state index contributed by atoms with van der Waals surface area (Å²) < 4.78 is 8.05. The van der Waals surface area contributed by atoms with E-state index in [0.29, 0.717) is 37.3 Å². The topological polar surface area (TPSA) is 112 Å². The number of primary amides is 1. The van der Waals surface area contributed by atoms with E-state index in [1.54, 1.807) is 16.7 Å². The van der Waals surface area contributed by atoms with E-state index in [9.17, 15) is 14.4 Å². The van der Waals surface area contributed by atoms with Crippen LogP contribution in [-0.2, 0) is 22.5 Å². The molecule has 1 atom stereocenters. The average Bonchev–Trinajstić information content (AvgIpc) is 3.09. The minimum atomic E-state index is -0.938. The van der Waals surface area contributed by atoms with Gasteiger partial charge in [-0.15, -0.1) is 0 Å². The zero-order valence-corrected chi connectivity index (χ0v) is 17.8. The number of imidazole rings is 1. The van der Waals surface area contributed by atoms with Crippen LogP contribution in [-0.4, -0.2) is 64.9 Å². The van der Waals surface area contributed by atoms with Gasteiger partial charge in [0.25, 0.3) is 0 Å². The summed E-state index contributed by atoms with van der Waals surface area (Å²) in [7, 11) is 0. The summed E-state index contributed by atoms with van der Waals surface area (Å²) in [6, 6.07) is 14.8. The zero-order valence-electron chi connectivity index (χ0n) is 17.8. The summed E-state index contributed by atoms with van der Waals surface area (Å²) in [5.41, 5.74) is 7.10. The molecule has 2 heterocycles. The molecule has 4 rings (SSSR count). The maximum Gasteiger partial charge on any atom is 0.337 e. The number of carbonyl (C=O) groups excluding carboxylic acids is 2. The number of aromatic nitrogens is 2. The van der Waals surface area contributed by atoms with Gasteiger partial charge in [0.05, 0.1) is 24.2 Å². The first-order valence-electron chi connectivity index (χ1n) is 10.7. The molecule has 9 nitrogen and oxygen atoms in total. The van der Waals surface area contributed by atoms with Crippen LogP contribution < -0.4 is 16.7 Å². The normalized spacial score (nSPS) is 15.5. The van der Waals surface area contributed by atoms with Crippen molar-refractivity contribution in [1.82, 2.24) is 19.4 Å². The monoisotopic (exact) mass is 437 g/mol. The minimum Gasteiger partial charge on any atom is -0.379 e. The van der Waals surface area contributed by atoms with E-state index in [4.69, 9.17) is 10.5 Å². The summed E-state index contributed by atoms with van der Waals surface area (Å²) in [6.45, 7) is 4.10. The van der Waals surface area contributed by atoms with Gasteiger partial charge in [0.2, 0.25) is 5.91 Å². The molecule has 1 aliphatic heterocycles. The highest BCUT2D eigenvalue weighted by Crippen LogP contribution is 2.13. The molecule has 1 aliphatic rings. The maximum absolute atomic E-state index is 13.2. The lowest BCUT2D eigenvalue weighted by Crippen LogP contribution is -2.49. The molecular weight excluding hydrogens is 410 g/mol. The molecule has 9 heteroatoms. The Morgan fingerprint density at radius 2 is 1.62 bits per heavy atom. The van der Waals surface area contributed by atoms with E-state index in [-0.39, 0.29) is 6.42 Å². The number of carbonyl (C=O) groups is 2. The lowest BCUT2D eigenvalue weighted by molar-refractivity contribution is -0.119. The van der Waals surface area contributed by atoms with Crippen LogP contribution in [0.25, 0.3) is 11.0 Å². The van der Waals surface area contributed by atoms with Crippen molar-refractivity contribution in [2.24, 2.45) is 5.73 Å². The highest BCUT2D eigenvalue weighted by molar-refractivity contribution is 5.92. The minimum absolute atomic E-state index is 0.242. The highest BCUT2D eigenvalue weighted by Gasteiger charge is 2.24. The third-order valence-corrected chi connectivity index (χ3v) is 5.71. The van der Waals surface area contributed by atoms with E-state index in [1.165, 1.54) is 0 Å². The zero-order chi connectivity index (χ0) is 22.5. The number of nitrogens with two attached hydrogens (primary N) is 1. The van der Waals surface area contributed by atoms with E-state index >= 15 is 0 Å². The molecule has 0 saturated carbocycles. The average molecular weight is 438 g/mol. The van der Waals surface area contributed by atoms with Crippen LogP contribution in [0.5, 0.6) is 0 Å². The molecule has 1 fully saturated rings. The first kappa shape index (κ1) is 21.8. The number of hydrogen-bond donors (Lipinski definition) is 2. The SMILES string of the molecule is NC(=O)[C@H](Cc1ccccc1)NC(=O)n1c(=O)n(CCN2CCOCC2)c2ccccc21. The highest BCUT2D eigenvalue weighted by atomic mass is 16.5. The number of para-hydroxylation sites is 2. The van der Waals surface area contributed by atoms with Gasteiger partial charge in [-0.05, 0) is 17.7 Å². The Bertz CT molecular complexity index is 1150. The first-order chi connectivity index (χ1) is 15.5. The number of amides is 2. The van der Waals surface area contributed by atoms with Gasteiger partial charge < -0.3 is 15.8 Å². The van der Waals surface area contributed by atoms with E-state index in [0.717, 1.165) is 23.2 Å². The van der Waals surface area contributed by atoms with E-state index in [1.807, 2.05) is 42.5 Å². The second-order valence-electron chi connectivity index (χ2n) is 7.81. The smallest absolute Gasteiger partial charge is 0.337 e. The van der Waals surface area contributed by atoms with Crippen LogP contribution in [0.15, 0.2) is 59.4 Å². The third kappa shape index (κ3) is 4.74. The maximum atomic E-state index is 13.2. The molecular formula is C23H27N5O4. The Kier molecular flexibility index (Phi) is 6.67. The lowest BCUT2D eigenvalue weighted by atomic mass is 10.1. The lowest BCUT2D eigenvalue weighted by Gasteiger charge is -2.26. The molecule has 1 saturated heterocycles. The molecule has 168 valence electrons. The fourth-order valence-corrected chi connectivity index (χ4v) is 3.97. The quantitative estimate of drug-likeness (QED) is 0.568. The number of nitrogens with zero attached hydrogens (tertiary/aromatic N) is 3. The number of hydrogen-bond acceptors (Lipinski definition) is 5. The summed E-state index contributed by atoms with van der Waals surface area (Å²) in [5, 5.41) is 2.64. The summed E-state index contributed by atoms with van der Waals surface area (Å²) in [6.07, 6.45) is 0.242. The van der Waals surface area contributed by atoms with Gasteiger partial charge in [-0.25, -0.2) is 14.2 Å². The molecule has 2 aromatic carbocycles. The van der Waals surface area contributed by atoms with Gasteiger partial charge in [-0.1, -0.05) is 42.5 Å². The molecule has 2 amide bonds. The van der Waals surface area contributed by atoms with Crippen molar-refractivity contribution < 1.29 is 14.3 Å². The second kappa shape index (κ2) is 9.80. The van der Waals surface area contributed by atoms with Crippen LogP contribution in [0.4, 0.5) is 4.79 Å². The van der Waals surface area contributed by atoms with E-state index < -0.39 is 23.7 Å². The summed E-state index contributed by atoms with van der Waals surface area (Å²) in [5.74, 6) is -0.661. The van der Waals surface area contributed by atoms with E-state index in [2.05, 4.69) is 10.2 Å². The number of rotatable bonds is 7. The first-order valence-corrected chi connectivity index (χ1v) is 10.7. The number of benzene rings is 2. The third-order valence-electron chi connectivity index (χ3n) is 5.71. The summed E-state index contributed by atoms with van der Waals surface area (Å²) >= 11 is 0. The van der Waals surface area contributed by atoms with Crippen molar-refractivity contribution in [3.8, 4) is 0 Å². The van der Waals surface area contributed by atoms with Crippen LogP contribution in [0.3, 0.4) is 0 Å². The molecule has 32 heavy (non-hydrogen) atoms. The van der Waals surface area contributed by atoms with Crippen LogP contribution >= 0.6 is 0 Å². The number of nitrogens with one attached hydrogen (secondary N) is 1. The Hall–Kier alpha value is -3.43. The Labute approximate surface area is 185 Å². The Morgan fingerprint density at radius 1 is 0.969 bits per heavy atom. The van der Waals surface area contributed by atoms with Gasteiger partial charge in [-0.2, -0.15) is 0 Å². The Balaban J connectivity index is 1.58. The fourth-order valence-electron chi connectivity index (χ4n) is 3.97. The van der Waals surface area contributed by atoms with Crippen molar-refractivity contribution in [3.63, 3.8) is 0 Å². The predicted molar refractivity (Wildman–Crippen MR) is 121 cm³/mol. The number of fused-ring (bicyclic) bond motifs is 1. The van der Waals surface area contributed by atoms with Gasteiger partial charge in [-0.3, -0.25) is 14.3 Å². The van der Waals surface area contributed by atoms with Crippen molar-refractivity contribution in [2.75, 3.05) is 32.8 Å². The van der Waals surface area contributed by atoms with Gasteiger partial charge in [0.1, 0.15) is 6.04 Å². The van der Waals surface area contributed by atoms with Crippen LogP contribution in [0.2, 0.25) is 0 Å². The molecule has 3 aromatic rings. The standard InChI is InChI=1S/C23H27N5O4/c24-21(29)18(16-17-6-2-1-3-7-17)25-22(30)28-20-9-5-4-8-19(20)27(23(28)31)11-10-26-12-14-32-15-13-26/h1-9,18H,10-16H2,(H2,24,29)(H,25,30)/t18-/m0/s1. The van der Waals surface area contributed by atoms with Crippen molar-refractivity contribution in [3.05, 3.63) is 70.6 Å². The number of ether oxygens (including phenoxy) is 1.